The molecule has 0 bridgehead atoms. The number of rotatable bonds is 15. The molecule has 1 unspecified atom stereocenters. The molecule has 0 saturated heterocycles. The van der Waals surface area contributed by atoms with E-state index in [0.717, 1.165) is 5.56 Å². The van der Waals surface area contributed by atoms with Gasteiger partial charge in [-0.25, -0.2) is 4.57 Å². The Balaban J connectivity index is 1.69. The van der Waals surface area contributed by atoms with Crippen molar-refractivity contribution in [2.45, 2.75) is 75.6 Å². The molecule has 2 aliphatic rings. The number of allylic oxidation sites excluding steroid dienone is 6. The molecule has 13 nitrogen and oxygen atoms in total. The maximum atomic E-state index is 12.1. The molecule has 1 atom stereocenters. The molecule has 0 radical (unpaired) electrons. The third-order valence-corrected chi connectivity index (χ3v) is 11.6. The Morgan fingerprint density at radius 3 is 2.22 bits per heavy atom. The lowest BCUT2D eigenvalue weighted by Gasteiger charge is -2.30. The summed E-state index contributed by atoms with van der Waals surface area (Å²) in [6.07, 6.45) is 11.3. The second-order valence-corrected chi connectivity index (χ2v) is 18.1. The second kappa shape index (κ2) is 14.8. The summed E-state index contributed by atoms with van der Waals surface area (Å²) >= 11 is 6.39. The Morgan fingerprint density at radius 2 is 1.60 bits per heavy atom. The molecule has 0 aliphatic carbocycles. The zero-order valence-corrected chi connectivity index (χ0v) is 31.3. The minimum absolute atomic E-state index is 0.0529. The van der Waals surface area contributed by atoms with Crippen molar-refractivity contribution in [3.63, 3.8) is 0 Å². The van der Waals surface area contributed by atoms with Crippen LogP contribution in [0.4, 0.5) is 11.5 Å². The Bertz CT molecular complexity index is 2140. The fraction of sp³-hybridized carbons (Fsp3) is 0.424. The van der Waals surface area contributed by atoms with Crippen LogP contribution in [-0.4, -0.2) is 68.5 Å². The van der Waals surface area contributed by atoms with Gasteiger partial charge in [-0.1, -0.05) is 29.8 Å². The van der Waals surface area contributed by atoms with E-state index in [0.29, 0.717) is 39.9 Å². The van der Waals surface area contributed by atoms with Gasteiger partial charge in [0, 0.05) is 36.2 Å². The van der Waals surface area contributed by atoms with E-state index >= 15 is 0 Å². The monoisotopic (exact) mass is 770 g/mol. The molecule has 17 heteroatoms. The number of anilines is 1. The van der Waals surface area contributed by atoms with Gasteiger partial charge in [-0.2, -0.15) is 25.3 Å². The van der Waals surface area contributed by atoms with Crippen LogP contribution in [0.1, 0.15) is 64.5 Å². The molecule has 50 heavy (non-hydrogen) atoms. The van der Waals surface area contributed by atoms with Crippen molar-refractivity contribution in [1.82, 2.24) is 0 Å². The van der Waals surface area contributed by atoms with Gasteiger partial charge in [-0.3, -0.25) is 13.7 Å². The molecule has 0 fully saturated rings. The predicted molar refractivity (Wildman–Crippen MR) is 191 cm³/mol. The smallest absolute Gasteiger partial charge is 0.327 e. The minimum Gasteiger partial charge on any atom is -0.344 e. The van der Waals surface area contributed by atoms with Crippen LogP contribution in [0.2, 0.25) is 5.02 Å². The number of halogens is 1. The molecule has 1 aromatic heterocycles. The maximum Gasteiger partial charge on any atom is 0.327 e. The lowest BCUT2D eigenvalue weighted by Crippen LogP contribution is -2.36. The van der Waals surface area contributed by atoms with Crippen LogP contribution in [0.15, 0.2) is 76.4 Å². The number of carbonyl (C=O) groups is 1. The molecule has 0 saturated carbocycles. The first-order valence-corrected chi connectivity index (χ1v) is 20.7. The van der Waals surface area contributed by atoms with Gasteiger partial charge >= 0.3 is 5.82 Å². The Hall–Kier alpha value is -3.25. The molecular formula is C33H41ClN3O10S3+. The number of nitrogens with zero attached hydrogens (tertiary/aromatic N) is 3. The van der Waals surface area contributed by atoms with E-state index in [2.05, 4.69) is 0 Å². The Labute approximate surface area is 298 Å². The van der Waals surface area contributed by atoms with Crippen molar-refractivity contribution in [3.05, 3.63) is 82.7 Å². The number of aliphatic imine (C=N–C) groups is 1. The van der Waals surface area contributed by atoms with E-state index in [1.165, 1.54) is 25.1 Å². The molecule has 272 valence electrons. The Kier molecular flexibility index (Phi) is 11.7. The summed E-state index contributed by atoms with van der Waals surface area (Å²) in [6.45, 7) is 7.68. The van der Waals surface area contributed by atoms with Gasteiger partial charge in [0.05, 0.1) is 38.9 Å². The van der Waals surface area contributed by atoms with Crippen molar-refractivity contribution < 1.29 is 48.3 Å². The first-order chi connectivity index (χ1) is 23.0. The predicted octanol–water partition coefficient (Wildman–Crippen LogP) is 4.94. The molecule has 0 spiro atoms. The van der Waals surface area contributed by atoms with Gasteiger partial charge in [-0.05, 0) is 87.5 Å². The number of hydrogen-bond donors (Lipinski definition) is 3. The number of aryl methyl sites for hydroxylation is 1. The zero-order chi connectivity index (χ0) is 37.3. The van der Waals surface area contributed by atoms with E-state index in [9.17, 15) is 39.2 Å². The molecule has 3 N–H and O–H groups in total. The number of ketones is 1. The van der Waals surface area contributed by atoms with E-state index in [1.54, 1.807) is 35.1 Å². The van der Waals surface area contributed by atoms with Crippen LogP contribution in [-0.2, 0) is 52.5 Å². The normalized spacial score (nSPS) is 19.8. The zero-order valence-electron chi connectivity index (χ0n) is 28.1. The summed E-state index contributed by atoms with van der Waals surface area (Å²) in [5.41, 5.74) is 1.87. The van der Waals surface area contributed by atoms with Crippen LogP contribution in [0.3, 0.4) is 0 Å². The number of benzene rings is 1. The summed E-state index contributed by atoms with van der Waals surface area (Å²) in [5.74, 6) is -0.358. The highest BCUT2D eigenvalue weighted by molar-refractivity contribution is 7.86. The molecule has 3 heterocycles. The van der Waals surface area contributed by atoms with Crippen molar-refractivity contribution in [3.8, 4) is 0 Å². The van der Waals surface area contributed by atoms with Crippen molar-refractivity contribution >= 4 is 65.0 Å². The second-order valence-electron chi connectivity index (χ2n) is 13.1. The van der Waals surface area contributed by atoms with Crippen LogP contribution >= 0.6 is 11.6 Å². The van der Waals surface area contributed by atoms with Gasteiger partial charge < -0.3 is 9.69 Å². The van der Waals surface area contributed by atoms with E-state index in [-0.39, 0.29) is 43.0 Å². The molecule has 2 aliphatic heterocycles. The van der Waals surface area contributed by atoms with Crippen LogP contribution in [0.5, 0.6) is 0 Å². The number of fused-ring (bicyclic) bond motifs is 2. The summed E-state index contributed by atoms with van der Waals surface area (Å²) < 4.78 is 99.6. The fourth-order valence-corrected chi connectivity index (χ4v) is 8.02. The van der Waals surface area contributed by atoms with Crippen LogP contribution < -0.4 is 9.47 Å². The number of aromatic nitrogens is 1. The molecular weight excluding hydrogens is 730 g/mol. The number of hydrogen-bond acceptors (Lipinski definition) is 9. The van der Waals surface area contributed by atoms with Gasteiger partial charge in [0.25, 0.3) is 30.4 Å². The van der Waals surface area contributed by atoms with Gasteiger partial charge in [0.2, 0.25) is 0 Å². The van der Waals surface area contributed by atoms with Gasteiger partial charge in [0.1, 0.15) is 12.0 Å². The SMILES string of the molecule is CC(=O)CCC1(C)\C(=C/C=C/C=C/C2=Nc3c(cc(Cl)c[n+]3CCCS(=O)(=O)O)C2(C)C)N(CCCS(=O)(=O)O)c2ccc(S(=O)(=O)O)cc21. The first kappa shape index (κ1) is 39.5. The number of pyridine rings is 1. The number of Topliss-reactive ketones (excluding diaryl/α,β-unsaturated/α-hetero) is 1. The van der Waals surface area contributed by atoms with Crippen LogP contribution in [0, 0.1) is 0 Å². The van der Waals surface area contributed by atoms with Crippen molar-refractivity contribution in [2.75, 3.05) is 23.0 Å². The average Bonchev–Trinajstić information content (AvgIpc) is 3.36. The summed E-state index contributed by atoms with van der Waals surface area (Å²) in [6, 6.07) is 5.96. The standard InChI is InChI=1S/C33H40ClN3O10S3/c1-23(38)14-15-33(4)26-21-25(50(45,46)47)12-13-28(26)37(17-9-19-49(42,43)44)30(33)11-7-5-6-10-29-32(2,3)27-20-24(34)22-36(31(27)35-29)16-8-18-48(39,40)41/h5-7,10-13,20-22H,8-9,14-19H2,1-4H3,(H2-,39,40,41,42,43,44,45,46,47)/p+1. The van der Waals surface area contributed by atoms with E-state index < -0.39 is 52.7 Å². The average molecular weight is 771 g/mol. The summed E-state index contributed by atoms with van der Waals surface area (Å²) in [4.78, 5) is 18.4. The fourth-order valence-electron chi connectivity index (χ4n) is 6.30. The van der Waals surface area contributed by atoms with E-state index in [1.807, 2.05) is 37.8 Å². The highest BCUT2D eigenvalue weighted by atomic mass is 35.5. The largest absolute Gasteiger partial charge is 0.344 e. The van der Waals surface area contributed by atoms with E-state index in [4.69, 9.17) is 21.1 Å². The Morgan fingerprint density at radius 1 is 0.940 bits per heavy atom. The molecule has 0 amide bonds. The molecule has 1 aromatic carbocycles. The van der Waals surface area contributed by atoms with Crippen molar-refractivity contribution in [1.29, 1.82) is 0 Å². The number of carbonyl (C=O) groups excluding carboxylic acids is 1. The van der Waals surface area contributed by atoms with Gasteiger partial charge in [0.15, 0.2) is 5.71 Å². The molecule has 4 rings (SSSR count). The minimum atomic E-state index is -4.55. The lowest BCUT2D eigenvalue weighted by atomic mass is 9.77. The highest BCUT2D eigenvalue weighted by Crippen LogP contribution is 2.51. The third-order valence-electron chi connectivity index (χ3n) is 8.91. The highest BCUT2D eigenvalue weighted by Gasteiger charge is 2.44. The third kappa shape index (κ3) is 9.34. The topological polar surface area (TPSA) is 200 Å². The van der Waals surface area contributed by atoms with Crippen LogP contribution in [0.25, 0.3) is 0 Å². The lowest BCUT2D eigenvalue weighted by molar-refractivity contribution is -0.684. The van der Waals surface area contributed by atoms with Crippen molar-refractivity contribution in [2.24, 2.45) is 4.99 Å². The quantitative estimate of drug-likeness (QED) is 0.126. The maximum absolute atomic E-state index is 12.1. The van der Waals surface area contributed by atoms with Gasteiger partial charge in [-0.15, -0.1) is 0 Å². The summed E-state index contributed by atoms with van der Waals surface area (Å²) in [5, 5.41) is 0.450. The summed E-state index contributed by atoms with van der Waals surface area (Å²) in [7, 11) is -12.9. The first-order valence-electron chi connectivity index (χ1n) is 15.7. The molecule has 2 aromatic rings.